The van der Waals surface area contributed by atoms with Crippen LogP contribution < -0.4 is 5.32 Å². The number of hydrogen-bond donors (Lipinski definition) is 2. The van der Waals surface area contributed by atoms with Crippen LogP contribution in [0, 0.1) is 11.3 Å². The van der Waals surface area contributed by atoms with Gasteiger partial charge in [-0.25, -0.2) is 0 Å². The molecule has 0 saturated carbocycles. The van der Waals surface area contributed by atoms with E-state index in [0.29, 0.717) is 5.69 Å². The van der Waals surface area contributed by atoms with Crippen LogP contribution in [-0.4, -0.2) is 35.9 Å². The molecule has 0 aliphatic rings. The Bertz CT molecular complexity index is 518. The van der Waals surface area contributed by atoms with Crippen molar-refractivity contribution in [2.24, 2.45) is 0 Å². The maximum Gasteiger partial charge on any atom is 0.257 e. The molecule has 0 heterocycles. The van der Waals surface area contributed by atoms with Crippen LogP contribution in [-0.2, 0) is 4.79 Å². The Kier molecular flexibility index (Phi) is 4.27. The highest BCUT2D eigenvalue weighted by Gasteiger charge is 2.14. The first-order valence-electron chi connectivity index (χ1n) is 5.17. The van der Waals surface area contributed by atoms with Crippen LogP contribution in [0.25, 0.3) is 0 Å². The quantitative estimate of drug-likeness (QED) is 0.777. The van der Waals surface area contributed by atoms with Gasteiger partial charge in [0.25, 0.3) is 5.91 Å². The molecule has 0 spiro atoms. The highest BCUT2D eigenvalue weighted by Crippen LogP contribution is 2.22. The van der Waals surface area contributed by atoms with Gasteiger partial charge in [0.05, 0.1) is 11.6 Å². The third kappa shape index (κ3) is 3.22. The van der Waals surface area contributed by atoms with E-state index >= 15 is 0 Å². The first-order valence-corrected chi connectivity index (χ1v) is 5.17. The highest BCUT2D eigenvalue weighted by molar-refractivity contribution is 5.99. The van der Waals surface area contributed by atoms with E-state index in [9.17, 15) is 14.7 Å². The molecule has 1 rings (SSSR count). The number of phenolic OH excluding ortho intramolecular Hbond substituents is 1. The number of hydrogen-bond acceptors (Lipinski definition) is 4. The van der Waals surface area contributed by atoms with E-state index in [0.717, 1.165) is 0 Å². The largest absolute Gasteiger partial charge is 0.507 e. The summed E-state index contributed by atoms with van der Waals surface area (Å²) in [6.07, 6.45) is -0.266. The maximum absolute atomic E-state index is 11.7. The molecule has 0 aliphatic carbocycles. The van der Waals surface area contributed by atoms with E-state index in [4.69, 9.17) is 5.26 Å². The number of anilines is 1. The Morgan fingerprint density at radius 1 is 1.44 bits per heavy atom. The second-order valence-corrected chi connectivity index (χ2v) is 3.81. The molecule has 6 heteroatoms. The molecular formula is C12H13N3O3. The van der Waals surface area contributed by atoms with Crippen molar-refractivity contribution in [1.82, 2.24) is 4.90 Å². The van der Waals surface area contributed by atoms with Gasteiger partial charge >= 0.3 is 0 Å². The summed E-state index contributed by atoms with van der Waals surface area (Å²) in [6, 6.07) is 5.86. The van der Waals surface area contributed by atoms with E-state index in [1.807, 2.05) is 0 Å². The van der Waals surface area contributed by atoms with E-state index in [-0.39, 0.29) is 23.6 Å². The summed E-state index contributed by atoms with van der Waals surface area (Å²) in [5.41, 5.74) is 0.452. The van der Waals surface area contributed by atoms with Gasteiger partial charge in [0.2, 0.25) is 5.91 Å². The molecule has 0 saturated heterocycles. The zero-order chi connectivity index (χ0) is 13.7. The number of nitrogens with one attached hydrogen (secondary N) is 1. The molecule has 2 amide bonds. The number of rotatable bonds is 3. The van der Waals surface area contributed by atoms with Crippen molar-refractivity contribution in [2.45, 2.75) is 6.42 Å². The zero-order valence-electron chi connectivity index (χ0n) is 10.1. The lowest BCUT2D eigenvalue weighted by molar-refractivity contribution is -0.115. The summed E-state index contributed by atoms with van der Waals surface area (Å²) in [5.74, 6) is -0.998. The standard InChI is InChI=1S/C12H13N3O3/c1-15(2)12(18)9-7-8(3-4-10(9)16)14-11(17)5-6-13/h3-4,7,16H,5H2,1-2H3,(H,14,17). The molecule has 0 unspecified atom stereocenters. The zero-order valence-corrected chi connectivity index (χ0v) is 10.1. The minimum absolute atomic E-state index is 0.0924. The number of nitrogens with zero attached hydrogens (tertiary/aromatic N) is 2. The number of phenols is 1. The van der Waals surface area contributed by atoms with Crippen LogP contribution in [0.2, 0.25) is 0 Å². The lowest BCUT2D eigenvalue weighted by Crippen LogP contribution is -2.22. The van der Waals surface area contributed by atoms with E-state index in [1.54, 1.807) is 20.2 Å². The Balaban J connectivity index is 2.98. The van der Waals surface area contributed by atoms with Gasteiger partial charge in [0.15, 0.2) is 0 Å². The topological polar surface area (TPSA) is 93.4 Å². The molecule has 6 nitrogen and oxygen atoms in total. The minimum atomic E-state index is -0.466. The SMILES string of the molecule is CN(C)C(=O)c1cc(NC(=O)CC#N)ccc1O. The molecule has 0 fully saturated rings. The summed E-state index contributed by atoms with van der Waals surface area (Å²) < 4.78 is 0. The lowest BCUT2D eigenvalue weighted by atomic mass is 10.1. The molecule has 0 bridgehead atoms. The highest BCUT2D eigenvalue weighted by atomic mass is 16.3. The molecule has 0 aromatic heterocycles. The van der Waals surface area contributed by atoms with Crippen LogP contribution >= 0.6 is 0 Å². The van der Waals surface area contributed by atoms with Crippen LogP contribution in [0.5, 0.6) is 5.75 Å². The Hall–Kier alpha value is -2.55. The Morgan fingerprint density at radius 3 is 2.67 bits per heavy atom. The first kappa shape index (κ1) is 13.5. The van der Waals surface area contributed by atoms with Crippen molar-refractivity contribution in [3.8, 4) is 11.8 Å². The molecule has 1 aromatic rings. The van der Waals surface area contributed by atoms with Crippen LogP contribution in [0.1, 0.15) is 16.8 Å². The first-order chi connectivity index (χ1) is 8.45. The van der Waals surface area contributed by atoms with E-state index in [1.165, 1.54) is 23.1 Å². The fourth-order valence-electron chi connectivity index (χ4n) is 1.30. The molecule has 0 radical (unpaired) electrons. The fraction of sp³-hybridized carbons (Fsp3) is 0.250. The van der Waals surface area contributed by atoms with Crippen molar-refractivity contribution in [3.63, 3.8) is 0 Å². The summed E-state index contributed by atoms with van der Waals surface area (Å²) in [7, 11) is 3.12. The molecule has 2 N–H and O–H groups in total. The molecule has 0 aliphatic heterocycles. The van der Waals surface area contributed by atoms with Gasteiger partial charge in [-0.15, -0.1) is 0 Å². The van der Waals surface area contributed by atoms with Gasteiger partial charge in [-0.2, -0.15) is 5.26 Å². The van der Waals surface area contributed by atoms with Gasteiger partial charge in [0, 0.05) is 19.8 Å². The second kappa shape index (κ2) is 5.68. The van der Waals surface area contributed by atoms with Gasteiger partial charge in [-0.3, -0.25) is 9.59 Å². The van der Waals surface area contributed by atoms with Crippen molar-refractivity contribution in [1.29, 1.82) is 5.26 Å². The third-order valence-electron chi connectivity index (χ3n) is 2.16. The number of carbonyl (C=O) groups is 2. The number of carbonyl (C=O) groups excluding carboxylic acids is 2. The number of aromatic hydroxyl groups is 1. The molecule has 18 heavy (non-hydrogen) atoms. The summed E-state index contributed by atoms with van der Waals surface area (Å²) in [4.78, 5) is 24.3. The van der Waals surface area contributed by atoms with Gasteiger partial charge in [0.1, 0.15) is 12.2 Å². The Labute approximate surface area is 104 Å². The van der Waals surface area contributed by atoms with Crippen molar-refractivity contribution in [2.75, 3.05) is 19.4 Å². The average Bonchev–Trinajstić information content (AvgIpc) is 2.31. The molecule has 1 aromatic carbocycles. The van der Waals surface area contributed by atoms with Crippen LogP contribution in [0.3, 0.4) is 0 Å². The van der Waals surface area contributed by atoms with E-state index < -0.39 is 5.91 Å². The second-order valence-electron chi connectivity index (χ2n) is 3.81. The summed E-state index contributed by atoms with van der Waals surface area (Å²) in [5, 5.41) is 20.4. The Morgan fingerprint density at radius 2 is 2.11 bits per heavy atom. The lowest BCUT2D eigenvalue weighted by Gasteiger charge is -2.12. The third-order valence-corrected chi connectivity index (χ3v) is 2.16. The monoisotopic (exact) mass is 247 g/mol. The van der Waals surface area contributed by atoms with Crippen molar-refractivity contribution >= 4 is 17.5 Å². The minimum Gasteiger partial charge on any atom is -0.507 e. The van der Waals surface area contributed by atoms with Crippen molar-refractivity contribution < 1.29 is 14.7 Å². The maximum atomic E-state index is 11.7. The predicted octanol–water partition coefficient (Wildman–Crippen LogP) is 0.946. The van der Waals surface area contributed by atoms with Gasteiger partial charge < -0.3 is 15.3 Å². The van der Waals surface area contributed by atoms with Crippen LogP contribution in [0.15, 0.2) is 18.2 Å². The van der Waals surface area contributed by atoms with Gasteiger partial charge in [-0.1, -0.05) is 0 Å². The number of benzene rings is 1. The van der Waals surface area contributed by atoms with Crippen LogP contribution in [0.4, 0.5) is 5.69 Å². The predicted molar refractivity (Wildman–Crippen MR) is 65.0 cm³/mol. The molecular weight excluding hydrogens is 234 g/mol. The number of amides is 2. The summed E-state index contributed by atoms with van der Waals surface area (Å²) in [6.45, 7) is 0. The van der Waals surface area contributed by atoms with E-state index in [2.05, 4.69) is 5.32 Å². The molecule has 0 atom stereocenters. The fourth-order valence-corrected chi connectivity index (χ4v) is 1.30. The van der Waals surface area contributed by atoms with Gasteiger partial charge in [-0.05, 0) is 18.2 Å². The summed E-state index contributed by atoms with van der Waals surface area (Å²) >= 11 is 0. The smallest absolute Gasteiger partial charge is 0.257 e. The van der Waals surface area contributed by atoms with Crippen molar-refractivity contribution in [3.05, 3.63) is 23.8 Å². The normalized spacial score (nSPS) is 9.39. The molecule has 94 valence electrons. The average molecular weight is 247 g/mol. The number of nitriles is 1.